The van der Waals surface area contributed by atoms with E-state index < -0.39 is 0 Å². The van der Waals surface area contributed by atoms with Gasteiger partial charge in [0.2, 0.25) is 5.91 Å². The second-order valence-corrected chi connectivity index (χ2v) is 4.07. The normalized spacial score (nSPS) is 16.2. The van der Waals surface area contributed by atoms with Crippen LogP contribution in [0.15, 0.2) is 18.2 Å². The van der Waals surface area contributed by atoms with Crippen molar-refractivity contribution in [2.45, 2.75) is 13.3 Å². The van der Waals surface area contributed by atoms with Crippen molar-refractivity contribution in [3.63, 3.8) is 0 Å². The lowest BCUT2D eigenvalue weighted by Gasteiger charge is -2.22. The molecule has 0 fully saturated rings. The van der Waals surface area contributed by atoms with Gasteiger partial charge in [-0.15, -0.1) is 0 Å². The van der Waals surface area contributed by atoms with Crippen LogP contribution in [-0.4, -0.2) is 30.3 Å². The van der Waals surface area contributed by atoms with Crippen LogP contribution in [0.3, 0.4) is 0 Å². The zero-order valence-electron chi connectivity index (χ0n) is 9.41. The highest BCUT2D eigenvalue weighted by atomic mass is 16.2. The number of amides is 2. The summed E-state index contributed by atoms with van der Waals surface area (Å²) in [5.41, 5.74) is 2.18. The van der Waals surface area contributed by atoms with Gasteiger partial charge in [0.1, 0.15) is 0 Å². The van der Waals surface area contributed by atoms with E-state index in [1.807, 2.05) is 13.0 Å². The van der Waals surface area contributed by atoms with E-state index in [0.717, 1.165) is 5.56 Å². The van der Waals surface area contributed by atoms with Crippen molar-refractivity contribution < 1.29 is 9.59 Å². The van der Waals surface area contributed by atoms with Crippen molar-refractivity contribution in [1.82, 2.24) is 4.90 Å². The van der Waals surface area contributed by atoms with Gasteiger partial charge < -0.3 is 10.2 Å². The number of nitrogens with one attached hydrogen (secondary N) is 1. The number of rotatable bonds is 0. The quantitative estimate of drug-likeness (QED) is 0.715. The van der Waals surface area contributed by atoms with E-state index in [2.05, 4.69) is 5.32 Å². The van der Waals surface area contributed by atoms with Crippen LogP contribution < -0.4 is 5.32 Å². The number of carbonyl (C=O) groups is 2. The Bertz CT molecular complexity index is 454. The van der Waals surface area contributed by atoms with Gasteiger partial charge in [0.15, 0.2) is 0 Å². The molecule has 2 rings (SSSR count). The summed E-state index contributed by atoms with van der Waals surface area (Å²) in [5, 5.41) is 2.75. The van der Waals surface area contributed by atoms with Gasteiger partial charge >= 0.3 is 0 Å². The maximum atomic E-state index is 12.0. The summed E-state index contributed by atoms with van der Waals surface area (Å²) >= 11 is 0. The minimum Gasteiger partial charge on any atom is -0.341 e. The van der Waals surface area contributed by atoms with E-state index in [-0.39, 0.29) is 11.8 Å². The van der Waals surface area contributed by atoms with E-state index in [4.69, 9.17) is 0 Å². The molecule has 1 heterocycles. The first kappa shape index (κ1) is 10.7. The molecule has 16 heavy (non-hydrogen) atoms. The zero-order valence-corrected chi connectivity index (χ0v) is 9.41. The standard InChI is InChI=1S/C12H14N2O2/c1-8-3-4-10-9(7-8)12(16)14(2)6-5-11(15)13-10/h3-4,7H,5-6H2,1-2H3,(H,13,15). The third-order valence-electron chi connectivity index (χ3n) is 2.70. The number of fused-ring (bicyclic) bond motifs is 1. The second kappa shape index (κ2) is 3.96. The van der Waals surface area contributed by atoms with Gasteiger partial charge in [-0.3, -0.25) is 9.59 Å². The Labute approximate surface area is 94.2 Å². The first-order chi connectivity index (χ1) is 7.58. The second-order valence-electron chi connectivity index (χ2n) is 4.07. The lowest BCUT2D eigenvalue weighted by Crippen LogP contribution is -2.33. The fourth-order valence-corrected chi connectivity index (χ4v) is 1.73. The summed E-state index contributed by atoms with van der Waals surface area (Å²) in [6.07, 6.45) is 0.343. The lowest BCUT2D eigenvalue weighted by atomic mass is 10.1. The molecular weight excluding hydrogens is 204 g/mol. The van der Waals surface area contributed by atoms with E-state index in [1.165, 1.54) is 0 Å². The number of benzene rings is 1. The summed E-state index contributed by atoms with van der Waals surface area (Å²) in [6, 6.07) is 5.47. The van der Waals surface area contributed by atoms with Crippen LogP contribution in [0.4, 0.5) is 5.69 Å². The van der Waals surface area contributed by atoms with Crippen molar-refractivity contribution >= 4 is 17.5 Å². The Kier molecular flexibility index (Phi) is 2.64. The Morgan fingerprint density at radius 3 is 2.81 bits per heavy atom. The number of hydrogen-bond acceptors (Lipinski definition) is 2. The SMILES string of the molecule is Cc1ccc2c(c1)C(=O)N(C)CCC(=O)N2. The van der Waals surface area contributed by atoms with Crippen LogP contribution in [0.1, 0.15) is 22.3 Å². The molecule has 0 saturated heterocycles. The van der Waals surface area contributed by atoms with Gasteiger partial charge in [-0.2, -0.15) is 0 Å². The fourth-order valence-electron chi connectivity index (χ4n) is 1.73. The Hall–Kier alpha value is -1.84. The summed E-state index contributed by atoms with van der Waals surface area (Å²) in [6.45, 7) is 2.38. The highest BCUT2D eigenvalue weighted by Crippen LogP contribution is 2.21. The topological polar surface area (TPSA) is 49.4 Å². The first-order valence-electron chi connectivity index (χ1n) is 5.24. The average Bonchev–Trinajstić information content (AvgIpc) is 2.26. The van der Waals surface area contributed by atoms with Gasteiger partial charge in [0.25, 0.3) is 5.91 Å². The maximum Gasteiger partial charge on any atom is 0.255 e. The fraction of sp³-hybridized carbons (Fsp3) is 0.333. The van der Waals surface area contributed by atoms with Gasteiger partial charge in [-0.25, -0.2) is 0 Å². The van der Waals surface area contributed by atoms with E-state index >= 15 is 0 Å². The molecule has 1 N–H and O–H groups in total. The van der Waals surface area contributed by atoms with Crippen LogP contribution in [0, 0.1) is 6.92 Å². The molecule has 1 aromatic rings. The van der Waals surface area contributed by atoms with Gasteiger partial charge in [-0.1, -0.05) is 11.6 Å². The number of carbonyl (C=O) groups excluding carboxylic acids is 2. The molecule has 4 nitrogen and oxygen atoms in total. The number of nitrogens with zero attached hydrogens (tertiary/aromatic N) is 1. The number of anilines is 1. The van der Waals surface area contributed by atoms with Crippen molar-refractivity contribution in [2.24, 2.45) is 0 Å². The zero-order chi connectivity index (χ0) is 11.7. The summed E-state index contributed by atoms with van der Waals surface area (Å²) in [7, 11) is 1.72. The minimum atomic E-state index is -0.0514. The molecule has 1 aliphatic rings. The molecule has 0 atom stereocenters. The molecule has 0 aliphatic carbocycles. The van der Waals surface area contributed by atoms with E-state index in [0.29, 0.717) is 24.2 Å². The van der Waals surface area contributed by atoms with Crippen LogP contribution in [0.2, 0.25) is 0 Å². The predicted octanol–water partition coefficient (Wildman–Crippen LogP) is 1.41. The third-order valence-corrected chi connectivity index (χ3v) is 2.70. The molecule has 0 spiro atoms. The maximum absolute atomic E-state index is 12.0. The van der Waals surface area contributed by atoms with Gasteiger partial charge in [0, 0.05) is 20.0 Å². The highest BCUT2D eigenvalue weighted by molar-refractivity contribution is 6.05. The van der Waals surface area contributed by atoms with E-state index in [9.17, 15) is 9.59 Å². The molecule has 84 valence electrons. The molecule has 0 saturated carbocycles. The molecule has 2 amide bonds. The largest absolute Gasteiger partial charge is 0.341 e. The average molecular weight is 218 g/mol. The number of hydrogen-bond donors (Lipinski definition) is 1. The molecule has 0 bridgehead atoms. The summed E-state index contributed by atoms with van der Waals surface area (Å²) in [5.74, 6) is -0.0943. The van der Waals surface area contributed by atoms with Crippen LogP contribution >= 0.6 is 0 Å². The van der Waals surface area contributed by atoms with Crippen LogP contribution in [-0.2, 0) is 4.79 Å². The summed E-state index contributed by atoms with van der Waals surface area (Å²) in [4.78, 5) is 25.1. The molecule has 0 radical (unpaired) electrons. The monoisotopic (exact) mass is 218 g/mol. The predicted molar refractivity (Wildman–Crippen MR) is 61.4 cm³/mol. The van der Waals surface area contributed by atoms with Crippen molar-refractivity contribution in [2.75, 3.05) is 18.9 Å². The Morgan fingerprint density at radius 2 is 2.06 bits per heavy atom. The lowest BCUT2D eigenvalue weighted by molar-refractivity contribution is -0.116. The molecule has 1 aromatic carbocycles. The van der Waals surface area contributed by atoms with Crippen molar-refractivity contribution in [3.8, 4) is 0 Å². The van der Waals surface area contributed by atoms with Crippen molar-refractivity contribution in [3.05, 3.63) is 29.3 Å². The highest BCUT2D eigenvalue weighted by Gasteiger charge is 2.20. The molecule has 1 aliphatic heterocycles. The third kappa shape index (κ3) is 1.91. The molecular formula is C12H14N2O2. The number of aryl methyl sites for hydroxylation is 1. The Morgan fingerprint density at radius 1 is 1.31 bits per heavy atom. The Balaban J connectivity index is 2.50. The van der Waals surface area contributed by atoms with Crippen molar-refractivity contribution in [1.29, 1.82) is 0 Å². The van der Waals surface area contributed by atoms with Crippen LogP contribution in [0.25, 0.3) is 0 Å². The molecule has 0 unspecified atom stereocenters. The smallest absolute Gasteiger partial charge is 0.255 e. The van der Waals surface area contributed by atoms with Gasteiger partial charge in [-0.05, 0) is 19.1 Å². The molecule has 0 aromatic heterocycles. The molecule has 4 heteroatoms. The van der Waals surface area contributed by atoms with E-state index in [1.54, 1.807) is 24.1 Å². The van der Waals surface area contributed by atoms with Crippen LogP contribution in [0.5, 0.6) is 0 Å². The minimum absolute atomic E-state index is 0.0429. The first-order valence-corrected chi connectivity index (χ1v) is 5.24. The summed E-state index contributed by atoms with van der Waals surface area (Å²) < 4.78 is 0. The van der Waals surface area contributed by atoms with Gasteiger partial charge in [0.05, 0.1) is 11.3 Å².